The van der Waals surface area contributed by atoms with Gasteiger partial charge in [0.15, 0.2) is 0 Å². The van der Waals surface area contributed by atoms with Gasteiger partial charge in [-0.25, -0.2) is 4.79 Å². The van der Waals surface area contributed by atoms with E-state index in [4.69, 9.17) is 0 Å². The van der Waals surface area contributed by atoms with Crippen LogP contribution < -0.4 is 16.6 Å². The normalized spacial score (nSPS) is 12.5. The second-order valence-corrected chi connectivity index (χ2v) is 3.72. The molecule has 0 unspecified atom stereocenters. The van der Waals surface area contributed by atoms with E-state index in [9.17, 15) is 9.59 Å². The highest BCUT2D eigenvalue weighted by Gasteiger charge is 2.17. The molecule has 0 saturated carbocycles. The van der Waals surface area contributed by atoms with Crippen LogP contribution in [0.25, 0.3) is 0 Å². The molecule has 0 bridgehead atoms. The molecule has 0 aliphatic carbocycles. The third-order valence-corrected chi connectivity index (χ3v) is 2.69. The Morgan fingerprint density at radius 3 is 2.75 bits per heavy atom. The maximum Gasteiger partial charge on any atom is 0.327 e. The van der Waals surface area contributed by atoms with Gasteiger partial charge in [-0.2, -0.15) is 0 Å². The summed E-state index contributed by atoms with van der Waals surface area (Å²) in [4.78, 5) is 27.5. The van der Waals surface area contributed by atoms with Crippen LogP contribution in [0.4, 0.5) is 11.5 Å². The summed E-state index contributed by atoms with van der Waals surface area (Å²) < 4.78 is 0. The van der Waals surface area contributed by atoms with Gasteiger partial charge in [0.2, 0.25) is 0 Å². The van der Waals surface area contributed by atoms with Gasteiger partial charge in [-0.05, 0) is 11.6 Å². The molecule has 0 fully saturated rings. The lowest BCUT2D eigenvalue weighted by molar-refractivity contribution is 0.967. The molecule has 2 heterocycles. The van der Waals surface area contributed by atoms with E-state index in [0.29, 0.717) is 17.8 Å². The average molecular weight is 215 g/mol. The molecule has 5 nitrogen and oxygen atoms in total. The van der Waals surface area contributed by atoms with Gasteiger partial charge >= 0.3 is 5.69 Å². The number of rotatable bonds is 0. The Hall–Kier alpha value is -2.30. The summed E-state index contributed by atoms with van der Waals surface area (Å²) in [7, 11) is 0. The first kappa shape index (κ1) is 8.96. The van der Waals surface area contributed by atoms with Crippen LogP contribution in [0.3, 0.4) is 0 Å². The van der Waals surface area contributed by atoms with Crippen LogP contribution in [0.1, 0.15) is 11.1 Å². The first-order chi connectivity index (χ1) is 7.74. The zero-order chi connectivity index (χ0) is 11.1. The van der Waals surface area contributed by atoms with Crippen molar-refractivity contribution in [1.29, 1.82) is 0 Å². The highest BCUT2D eigenvalue weighted by atomic mass is 16.2. The number of hydrogen-bond donors (Lipinski definition) is 3. The van der Waals surface area contributed by atoms with Crippen molar-refractivity contribution in [2.24, 2.45) is 0 Å². The van der Waals surface area contributed by atoms with Crippen LogP contribution in [0.5, 0.6) is 0 Å². The summed E-state index contributed by atoms with van der Waals surface area (Å²) in [5.74, 6) is 0.493. The lowest BCUT2D eigenvalue weighted by Gasteiger charge is -2.19. The molecule has 0 radical (unpaired) electrons. The molecule has 1 aromatic carbocycles. The van der Waals surface area contributed by atoms with Crippen molar-refractivity contribution in [3.05, 3.63) is 56.2 Å². The number of H-pyrrole nitrogens is 2. The summed E-state index contributed by atoms with van der Waals surface area (Å²) >= 11 is 0. The van der Waals surface area contributed by atoms with E-state index >= 15 is 0 Å². The molecule has 1 aromatic heterocycles. The van der Waals surface area contributed by atoms with Crippen LogP contribution in [0, 0.1) is 0 Å². The monoisotopic (exact) mass is 215 g/mol. The molecule has 3 N–H and O–H groups in total. The van der Waals surface area contributed by atoms with Crippen LogP contribution in [0.15, 0.2) is 33.9 Å². The molecule has 80 valence electrons. The minimum atomic E-state index is -0.490. The van der Waals surface area contributed by atoms with E-state index in [1.165, 1.54) is 0 Å². The van der Waals surface area contributed by atoms with Crippen molar-refractivity contribution in [3.8, 4) is 0 Å². The highest BCUT2D eigenvalue weighted by molar-refractivity contribution is 5.67. The van der Waals surface area contributed by atoms with Gasteiger partial charge in [0, 0.05) is 12.1 Å². The standard InChI is InChI=1S/C11H9N3O2/c15-10-7-5-6-3-1-2-4-8(6)12-9(7)13-11(16)14-10/h1-4H,5H2,(H3,12,13,14,15,16). The Bertz CT molecular complexity index is 669. The predicted molar refractivity (Wildman–Crippen MR) is 60.2 cm³/mol. The fourth-order valence-electron chi connectivity index (χ4n) is 1.91. The molecule has 2 aromatic rings. The molecule has 0 saturated heterocycles. The Morgan fingerprint density at radius 2 is 1.88 bits per heavy atom. The second kappa shape index (κ2) is 3.10. The molecule has 1 aliphatic heterocycles. The molecule has 1 aliphatic rings. The SMILES string of the molecule is O=c1[nH]c2c(c(=O)[nH]1)Cc1ccccc1N2. The number of para-hydroxylation sites is 1. The van der Waals surface area contributed by atoms with Gasteiger partial charge in [0.1, 0.15) is 5.82 Å². The summed E-state index contributed by atoms with van der Waals surface area (Å²) in [6.45, 7) is 0. The minimum absolute atomic E-state index is 0.333. The first-order valence-electron chi connectivity index (χ1n) is 4.94. The smallest absolute Gasteiger partial charge is 0.327 e. The number of nitrogens with one attached hydrogen (secondary N) is 3. The molecule has 0 atom stereocenters. The van der Waals surface area contributed by atoms with E-state index in [1.54, 1.807) is 0 Å². The Morgan fingerprint density at radius 1 is 1.06 bits per heavy atom. The number of aromatic amines is 2. The van der Waals surface area contributed by atoms with Crippen molar-refractivity contribution >= 4 is 11.5 Å². The lowest BCUT2D eigenvalue weighted by Crippen LogP contribution is -2.29. The predicted octanol–water partition coefficient (Wildman–Crippen LogP) is 0.711. The number of aromatic nitrogens is 2. The summed E-state index contributed by atoms with van der Waals surface area (Å²) in [5.41, 5.74) is 1.72. The van der Waals surface area contributed by atoms with E-state index in [0.717, 1.165) is 11.3 Å². The maximum absolute atomic E-state index is 11.6. The van der Waals surface area contributed by atoms with Crippen molar-refractivity contribution in [1.82, 2.24) is 9.97 Å². The van der Waals surface area contributed by atoms with Gasteiger partial charge < -0.3 is 5.32 Å². The molecule has 0 amide bonds. The van der Waals surface area contributed by atoms with Gasteiger partial charge in [-0.3, -0.25) is 14.8 Å². The van der Waals surface area contributed by atoms with Gasteiger partial charge in [0.25, 0.3) is 5.56 Å². The van der Waals surface area contributed by atoms with Crippen LogP contribution >= 0.6 is 0 Å². The van der Waals surface area contributed by atoms with Crippen LogP contribution in [-0.4, -0.2) is 9.97 Å². The van der Waals surface area contributed by atoms with E-state index in [1.807, 2.05) is 24.3 Å². The maximum atomic E-state index is 11.6. The van der Waals surface area contributed by atoms with E-state index in [2.05, 4.69) is 15.3 Å². The van der Waals surface area contributed by atoms with Crippen molar-refractivity contribution in [3.63, 3.8) is 0 Å². The average Bonchev–Trinajstić information content (AvgIpc) is 2.27. The number of fused-ring (bicyclic) bond motifs is 2. The Balaban J connectivity index is 2.23. The lowest BCUT2D eigenvalue weighted by atomic mass is 10.0. The number of hydrogen-bond acceptors (Lipinski definition) is 3. The number of benzene rings is 1. The van der Waals surface area contributed by atoms with Crippen molar-refractivity contribution < 1.29 is 0 Å². The van der Waals surface area contributed by atoms with Gasteiger partial charge in [0.05, 0.1) is 5.56 Å². The molecule has 16 heavy (non-hydrogen) atoms. The quantitative estimate of drug-likeness (QED) is 0.517. The van der Waals surface area contributed by atoms with Crippen LogP contribution in [0.2, 0.25) is 0 Å². The van der Waals surface area contributed by atoms with E-state index < -0.39 is 5.69 Å². The minimum Gasteiger partial charge on any atom is -0.341 e. The number of anilines is 2. The Labute approximate surface area is 90.2 Å². The fraction of sp³-hybridized carbons (Fsp3) is 0.0909. The third-order valence-electron chi connectivity index (χ3n) is 2.69. The largest absolute Gasteiger partial charge is 0.341 e. The van der Waals surface area contributed by atoms with Gasteiger partial charge in [-0.15, -0.1) is 0 Å². The summed E-state index contributed by atoms with van der Waals surface area (Å²) in [6.07, 6.45) is 0.532. The summed E-state index contributed by atoms with van der Waals surface area (Å²) in [6, 6.07) is 7.70. The molecular weight excluding hydrogens is 206 g/mol. The topological polar surface area (TPSA) is 77.8 Å². The fourth-order valence-corrected chi connectivity index (χ4v) is 1.91. The van der Waals surface area contributed by atoms with Crippen LogP contribution in [-0.2, 0) is 6.42 Å². The zero-order valence-corrected chi connectivity index (χ0v) is 8.33. The highest BCUT2D eigenvalue weighted by Crippen LogP contribution is 2.28. The Kier molecular flexibility index (Phi) is 1.73. The molecule has 0 spiro atoms. The molecular formula is C11H9N3O2. The zero-order valence-electron chi connectivity index (χ0n) is 8.33. The first-order valence-corrected chi connectivity index (χ1v) is 4.94. The second-order valence-electron chi connectivity index (χ2n) is 3.72. The molecule has 5 heteroatoms. The third kappa shape index (κ3) is 1.25. The van der Waals surface area contributed by atoms with E-state index in [-0.39, 0.29) is 5.56 Å². The van der Waals surface area contributed by atoms with Gasteiger partial charge in [-0.1, -0.05) is 18.2 Å². The summed E-state index contributed by atoms with van der Waals surface area (Å²) in [5, 5.41) is 3.05. The van der Waals surface area contributed by atoms with Crippen molar-refractivity contribution in [2.45, 2.75) is 6.42 Å². The van der Waals surface area contributed by atoms with Crippen molar-refractivity contribution in [2.75, 3.05) is 5.32 Å². The molecule has 3 rings (SSSR count).